The van der Waals surface area contributed by atoms with Crippen molar-refractivity contribution in [1.82, 2.24) is 9.78 Å². The van der Waals surface area contributed by atoms with Crippen LogP contribution >= 0.6 is 11.6 Å². The smallest absolute Gasteiger partial charge is 0.282 e. The lowest BCUT2D eigenvalue weighted by molar-refractivity contribution is -0.639. The Morgan fingerprint density at radius 2 is 2.14 bits per heavy atom. The first-order valence-electron chi connectivity index (χ1n) is 7.53. The third-order valence-corrected chi connectivity index (χ3v) is 3.66. The molecule has 2 rings (SSSR count). The Labute approximate surface area is 134 Å². The number of nitrogens with zero attached hydrogens (tertiary/aromatic N) is 1. The number of halogens is 1. The first-order chi connectivity index (χ1) is 10.6. The lowest BCUT2D eigenvalue weighted by Gasteiger charge is -2.01. The van der Waals surface area contributed by atoms with E-state index in [0.717, 1.165) is 13.0 Å². The van der Waals surface area contributed by atoms with Crippen LogP contribution in [0.5, 0.6) is 0 Å². The van der Waals surface area contributed by atoms with Gasteiger partial charge in [0.05, 0.1) is 12.2 Å². The standard InChI is InChI=1S/C16H20ClN3O2/c1-3-6-13-15(14(21)10-18-4-2)16(22)20(19-13)12-8-5-7-11(17)9-12/h5,7-9,18-19H,3-4,6,10H2,1-2H3/p+1. The zero-order chi connectivity index (χ0) is 16.1. The summed E-state index contributed by atoms with van der Waals surface area (Å²) in [5.74, 6) is -0.132. The second kappa shape index (κ2) is 7.42. The number of aryl methyl sites for hydroxylation is 1. The number of hydrogen-bond donors (Lipinski definition) is 2. The van der Waals surface area contributed by atoms with Crippen LogP contribution < -0.4 is 10.9 Å². The third kappa shape index (κ3) is 3.48. The van der Waals surface area contributed by atoms with Gasteiger partial charge < -0.3 is 5.32 Å². The number of nitrogens with two attached hydrogens (primary N) is 1. The number of hydrogen-bond acceptors (Lipinski definition) is 2. The van der Waals surface area contributed by atoms with Gasteiger partial charge in [0.15, 0.2) is 0 Å². The summed E-state index contributed by atoms with van der Waals surface area (Å²) in [5, 5.41) is 5.49. The van der Waals surface area contributed by atoms with Crippen molar-refractivity contribution in [2.75, 3.05) is 13.1 Å². The Morgan fingerprint density at radius 3 is 2.77 bits per heavy atom. The predicted octanol–water partition coefficient (Wildman–Crippen LogP) is 1.54. The van der Waals surface area contributed by atoms with Crippen molar-refractivity contribution in [3.8, 4) is 5.69 Å². The number of benzene rings is 1. The van der Waals surface area contributed by atoms with E-state index < -0.39 is 0 Å². The van der Waals surface area contributed by atoms with E-state index in [1.165, 1.54) is 4.68 Å². The molecule has 3 N–H and O–H groups in total. The number of aromatic amines is 1. The van der Waals surface area contributed by atoms with Gasteiger partial charge in [-0.3, -0.25) is 14.7 Å². The minimum atomic E-state index is -0.305. The Morgan fingerprint density at radius 1 is 1.36 bits per heavy atom. The van der Waals surface area contributed by atoms with E-state index in [9.17, 15) is 9.59 Å². The van der Waals surface area contributed by atoms with Crippen LogP contribution in [0.25, 0.3) is 5.69 Å². The van der Waals surface area contributed by atoms with E-state index in [1.54, 1.807) is 24.3 Å². The van der Waals surface area contributed by atoms with Crippen LogP contribution in [0.3, 0.4) is 0 Å². The summed E-state index contributed by atoms with van der Waals surface area (Å²) < 4.78 is 1.40. The van der Waals surface area contributed by atoms with E-state index in [-0.39, 0.29) is 23.5 Å². The van der Waals surface area contributed by atoms with Crippen LogP contribution in [0.4, 0.5) is 0 Å². The summed E-state index contributed by atoms with van der Waals surface area (Å²) >= 11 is 5.98. The van der Waals surface area contributed by atoms with Gasteiger partial charge in [-0.25, -0.2) is 4.68 Å². The molecular formula is C16H21ClN3O2+. The molecule has 0 fully saturated rings. The van der Waals surface area contributed by atoms with E-state index in [1.807, 2.05) is 19.2 Å². The molecule has 0 aliphatic rings. The number of nitrogens with one attached hydrogen (secondary N) is 1. The van der Waals surface area contributed by atoms with E-state index in [4.69, 9.17) is 11.6 Å². The predicted molar refractivity (Wildman–Crippen MR) is 87.1 cm³/mol. The van der Waals surface area contributed by atoms with Crippen LogP contribution in [0.1, 0.15) is 36.3 Å². The summed E-state index contributed by atoms with van der Waals surface area (Å²) in [6, 6.07) is 7.00. The number of quaternary nitrogens is 1. The van der Waals surface area contributed by atoms with Gasteiger partial charge in [-0.15, -0.1) is 0 Å². The van der Waals surface area contributed by atoms with Gasteiger partial charge in [0, 0.05) is 10.7 Å². The first kappa shape index (κ1) is 16.5. The summed E-state index contributed by atoms with van der Waals surface area (Å²) in [6.45, 7) is 5.08. The Hall–Kier alpha value is -1.85. The van der Waals surface area contributed by atoms with Crippen LogP contribution in [0, 0.1) is 0 Å². The number of carbonyl (C=O) groups excluding carboxylic acids is 1. The van der Waals surface area contributed by atoms with E-state index >= 15 is 0 Å². The van der Waals surface area contributed by atoms with Crippen molar-refractivity contribution in [2.24, 2.45) is 0 Å². The molecule has 0 unspecified atom stereocenters. The van der Waals surface area contributed by atoms with Crippen molar-refractivity contribution < 1.29 is 10.1 Å². The molecule has 1 heterocycles. The Bertz CT molecular complexity index is 718. The first-order valence-corrected chi connectivity index (χ1v) is 7.91. The van der Waals surface area contributed by atoms with E-state index in [0.29, 0.717) is 22.8 Å². The number of Topliss-reactive ketones (excluding diaryl/α,β-unsaturated/α-hetero) is 1. The van der Waals surface area contributed by atoms with Crippen molar-refractivity contribution in [1.29, 1.82) is 0 Å². The normalized spacial score (nSPS) is 10.9. The number of carbonyl (C=O) groups is 1. The molecule has 22 heavy (non-hydrogen) atoms. The largest absolute Gasteiger partial charge is 0.340 e. The highest BCUT2D eigenvalue weighted by atomic mass is 35.5. The fraction of sp³-hybridized carbons (Fsp3) is 0.375. The average Bonchev–Trinajstić information content (AvgIpc) is 2.82. The number of likely N-dealkylation sites (N-methyl/N-ethyl adjacent to an activating group) is 1. The highest BCUT2D eigenvalue weighted by Crippen LogP contribution is 2.14. The quantitative estimate of drug-likeness (QED) is 0.759. The minimum absolute atomic E-state index is 0.132. The maximum absolute atomic E-state index is 12.6. The number of H-pyrrole nitrogens is 1. The van der Waals surface area contributed by atoms with Gasteiger partial charge in [0.2, 0.25) is 5.78 Å². The van der Waals surface area contributed by atoms with Crippen LogP contribution in [0.2, 0.25) is 5.02 Å². The number of aromatic nitrogens is 2. The van der Waals surface area contributed by atoms with Crippen molar-refractivity contribution in [3.63, 3.8) is 0 Å². The monoisotopic (exact) mass is 322 g/mol. The minimum Gasteiger partial charge on any atom is -0.340 e. The van der Waals surface area contributed by atoms with Gasteiger partial charge in [-0.1, -0.05) is 31.0 Å². The molecule has 118 valence electrons. The molecule has 0 radical (unpaired) electrons. The number of ketones is 1. The molecule has 0 atom stereocenters. The molecule has 1 aromatic heterocycles. The van der Waals surface area contributed by atoms with Crippen LogP contribution in [0.15, 0.2) is 29.1 Å². The molecule has 2 aromatic rings. The van der Waals surface area contributed by atoms with Crippen LogP contribution in [-0.4, -0.2) is 28.7 Å². The Balaban J connectivity index is 2.49. The summed E-state index contributed by atoms with van der Waals surface area (Å²) in [5.41, 5.74) is 1.29. The SMILES string of the molecule is CCCc1[nH]n(-c2cccc(Cl)c2)c(=O)c1C(=O)C[NH2+]CC. The lowest BCUT2D eigenvalue weighted by atomic mass is 10.1. The zero-order valence-corrected chi connectivity index (χ0v) is 13.6. The maximum atomic E-state index is 12.6. The van der Waals surface area contributed by atoms with Gasteiger partial charge in [0.1, 0.15) is 12.1 Å². The molecular weight excluding hydrogens is 302 g/mol. The van der Waals surface area contributed by atoms with Crippen LogP contribution in [-0.2, 0) is 6.42 Å². The van der Waals surface area contributed by atoms with E-state index in [2.05, 4.69) is 5.10 Å². The molecule has 0 spiro atoms. The average molecular weight is 323 g/mol. The maximum Gasteiger partial charge on any atom is 0.282 e. The van der Waals surface area contributed by atoms with Gasteiger partial charge in [-0.05, 0) is 31.5 Å². The third-order valence-electron chi connectivity index (χ3n) is 3.43. The second-order valence-electron chi connectivity index (χ2n) is 5.16. The lowest BCUT2D eigenvalue weighted by Crippen LogP contribution is -2.85. The molecule has 1 aromatic carbocycles. The van der Waals surface area contributed by atoms with Gasteiger partial charge in [0.25, 0.3) is 5.56 Å². The van der Waals surface area contributed by atoms with Gasteiger partial charge >= 0.3 is 0 Å². The summed E-state index contributed by atoms with van der Waals surface area (Å²) in [4.78, 5) is 25.0. The number of rotatable bonds is 7. The summed E-state index contributed by atoms with van der Waals surface area (Å²) in [7, 11) is 0. The molecule has 0 aliphatic carbocycles. The fourth-order valence-corrected chi connectivity index (χ4v) is 2.56. The molecule has 5 nitrogen and oxygen atoms in total. The fourth-order valence-electron chi connectivity index (χ4n) is 2.38. The highest BCUT2D eigenvalue weighted by molar-refractivity contribution is 6.30. The Kier molecular flexibility index (Phi) is 5.57. The van der Waals surface area contributed by atoms with Crippen molar-refractivity contribution in [2.45, 2.75) is 26.7 Å². The van der Waals surface area contributed by atoms with Gasteiger partial charge in [-0.2, -0.15) is 0 Å². The van der Waals surface area contributed by atoms with Crippen molar-refractivity contribution >= 4 is 17.4 Å². The molecule has 0 saturated heterocycles. The second-order valence-corrected chi connectivity index (χ2v) is 5.60. The van der Waals surface area contributed by atoms with Crippen molar-refractivity contribution in [3.05, 3.63) is 50.9 Å². The highest BCUT2D eigenvalue weighted by Gasteiger charge is 2.22. The molecule has 0 saturated carbocycles. The molecule has 0 aliphatic heterocycles. The molecule has 0 bridgehead atoms. The summed E-state index contributed by atoms with van der Waals surface area (Å²) in [6.07, 6.45) is 1.52. The zero-order valence-electron chi connectivity index (χ0n) is 12.9. The topological polar surface area (TPSA) is 71.5 Å². The molecule has 6 heteroatoms. The molecule has 0 amide bonds.